The lowest BCUT2D eigenvalue weighted by molar-refractivity contribution is -0.384. The molecule has 1 unspecified atom stereocenters. The first-order chi connectivity index (χ1) is 16.9. The number of hydrogen-bond donors (Lipinski definition) is 2. The number of carbonyl (C=O) groups is 2. The molecule has 2 N–H and O–H groups in total. The van der Waals surface area contributed by atoms with E-state index in [2.05, 4.69) is 20.4 Å². The molecular weight excluding hydrogens is 474 g/mol. The Morgan fingerprint density at radius 3 is 2.46 bits per heavy atom. The van der Waals surface area contributed by atoms with E-state index in [1.807, 2.05) is 24.3 Å². The number of non-ortho nitro benzene ring substituents is 1. The molecule has 2 amide bonds. The number of para-hydroxylation sites is 1. The number of hydrogen-bond acceptors (Lipinski definition) is 7. The van der Waals surface area contributed by atoms with Gasteiger partial charge < -0.3 is 20.3 Å². The fourth-order valence-electron chi connectivity index (χ4n) is 4.31. The van der Waals surface area contributed by atoms with Crippen molar-refractivity contribution in [2.75, 3.05) is 44.2 Å². The van der Waals surface area contributed by atoms with Crippen molar-refractivity contribution in [1.29, 1.82) is 0 Å². The summed E-state index contributed by atoms with van der Waals surface area (Å²) in [6.07, 6.45) is 0. The zero-order chi connectivity index (χ0) is 24.9. The van der Waals surface area contributed by atoms with E-state index in [1.54, 1.807) is 6.92 Å². The van der Waals surface area contributed by atoms with E-state index in [0.29, 0.717) is 35.9 Å². The first-order valence-corrected chi connectivity index (χ1v) is 11.7. The van der Waals surface area contributed by atoms with E-state index in [9.17, 15) is 19.7 Å². The van der Waals surface area contributed by atoms with Crippen molar-refractivity contribution in [2.24, 2.45) is 0 Å². The van der Waals surface area contributed by atoms with Crippen LogP contribution >= 0.6 is 11.6 Å². The molecule has 1 fully saturated rings. The number of nitrogens with one attached hydrogen (secondary N) is 2. The van der Waals surface area contributed by atoms with Gasteiger partial charge in [0.15, 0.2) is 0 Å². The van der Waals surface area contributed by atoms with Crippen molar-refractivity contribution in [1.82, 2.24) is 15.5 Å². The molecule has 184 valence electrons. The largest absolute Gasteiger partial charge is 0.463 e. The number of amides is 2. The molecule has 2 aliphatic heterocycles. The van der Waals surface area contributed by atoms with Crippen LogP contribution in [-0.2, 0) is 9.53 Å². The normalized spacial score (nSPS) is 18.6. The molecule has 35 heavy (non-hydrogen) atoms. The van der Waals surface area contributed by atoms with E-state index in [4.69, 9.17) is 16.3 Å². The second kappa shape index (κ2) is 10.7. The Balaban J connectivity index is 1.57. The molecule has 11 heteroatoms. The Morgan fingerprint density at radius 1 is 1.14 bits per heavy atom. The lowest BCUT2D eigenvalue weighted by Gasteiger charge is -2.38. The number of esters is 1. The molecule has 0 aliphatic carbocycles. The Morgan fingerprint density at radius 2 is 1.83 bits per heavy atom. The van der Waals surface area contributed by atoms with Crippen LogP contribution in [0, 0.1) is 10.1 Å². The monoisotopic (exact) mass is 499 g/mol. The average molecular weight is 500 g/mol. The average Bonchev–Trinajstić information content (AvgIpc) is 2.85. The molecule has 10 nitrogen and oxygen atoms in total. The Hall–Kier alpha value is -3.63. The lowest BCUT2D eigenvalue weighted by Crippen LogP contribution is -2.51. The predicted octanol–water partition coefficient (Wildman–Crippen LogP) is 3.24. The minimum atomic E-state index is -0.789. The van der Waals surface area contributed by atoms with Crippen molar-refractivity contribution >= 4 is 35.0 Å². The highest BCUT2D eigenvalue weighted by Crippen LogP contribution is 2.30. The van der Waals surface area contributed by atoms with Crippen LogP contribution in [0.2, 0.25) is 5.02 Å². The molecule has 1 atom stereocenters. The summed E-state index contributed by atoms with van der Waals surface area (Å²) in [6.45, 7) is 5.12. The molecule has 2 heterocycles. The maximum atomic E-state index is 13.0. The van der Waals surface area contributed by atoms with Gasteiger partial charge in [-0.3, -0.25) is 15.0 Å². The van der Waals surface area contributed by atoms with Gasteiger partial charge in [-0.15, -0.1) is 0 Å². The summed E-state index contributed by atoms with van der Waals surface area (Å²) in [5.41, 5.74) is 2.20. The molecule has 0 saturated carbocycles. The number of halogens is 1. The Kier molecular flexibility index (Phi) is 7.52. The number of benzene rings is 2. The maximum absolute atomic E-state index is 13.0. The van der Waals surface area contributed by atoms with Gasteiger partial charge in [-0.25, -0.2) is 9.59 Å². The summed E-state index contributed by atoms with van der Waals surface area (Å²) in [5, 5.41) is 17.3. The van der Waals surface area contributed by atoms with Crippen molar-refractivity contribution in [3.63, 3.8) is 0 Å². The first kappa shape index (κ1) is 24.5. The summed E-state index contributed by atoms with van der Waals surface area (Å²) >= 11 is 6.34. The highest BCUT2D eigenvalue weighted by atomic mass is 35.5. The summed E-state index contributed by atoms with van der Waals surface area (Å²) in [5.74, 6) is -0.548. The van der Waals surface area contributed by atoms with Crippen LogP contribution in [0.15, 0.2) is 59.8 Å². The number of piperazine rings is 1. The Labute approximate surface area is 207 Å². The van der Waals surface area contributed by atoms with Crippen LogP contribution in [0.1, 0.15) is 18.5 Å². The lowest BCUT2D eigenvalue weighted by atomic mass is 9.94. The van der Waals surface area contributed by atoms with Crippen LogP contribution in [0.4, 0.5) is 16.2 Å². The van der Waals surface area contributed by atoms with E-state index in [0.717, 1.165) is 18.8 Å². The zero-order valence-electron chi connectivity index (χ0n) is 19.2. The smallest absolute Gasteiger partial charge is 0.338 e. The van der Waals surface area contributed by atoms with Gasteiger partial charge in [0.2, 0.25) is 0 Å². The summed E-state index contributed by atoms with van der Waals surface area (Å²) in [6, 6.07) is 12.2. The van der Waals surface area contributed by atoms with Gasteiger partial charge in [-0.05, 0) is 36.8 Å². The standard InChI is InChI=1S/C24H26ClN5O5/c1-2-35-23(31)21-19(15-28-11-13-29(14-12-28)20-6-4-3-5-18(20)25)26-24(32)27-22(21)16-7-9-17(10-8-16)30(33)34/h3-10,22H,2,11-15H2,1H3,(H2,26,27,32). The fourth-order valence-corrected chi connectivity index (χ4v) is 4.56. The van der Waals surface area contributed by atoms with Gasteiger partial charge in [0.1, 0.15) is 0 Å². The van der Waals surface area contributed by atoms with Crippen molar-refractivity contribution in [3.8, 4) is 0 Å². The van der Waals surface area contributed by atoms with Crippen LogP contribution in [0.3, 0.4) is 0 Å². The topological polar surface area (TPSA) is 117 Å². The summed E-state index contributed by atoms with van der Waals surface area (Å²) in [4.78, 5) is 40.4. The molecule has 0 aromatic heterocycles. The Bertz CT molecular complexity index is 1150. The van der Waals surface area contributed by atoms with E-state index >= 15 is 0 Å². The second-order valence-electron chi connectivity index (χ2n) is 8.21. The zero-order valence-corrected chi connectivity index (χ0v) is 20.0. The molecule has 0 bridgehead atoms. The number of ether oxygens (including phenoxy) is 1. The van der Waals surface area contributed by atoms with Gasteiger partial charge in [0.05, 0.1) is 33.9 Å². The van der Waals surface area contributed by atoms with Crippen molar-refractivity contribution in [3.05, 3.63) is 80.5 Å². The SMILES string of the molecule is CCOC(=O)C1=C(CN2CCN(c3ccccc3Cl)CC2)NC(=O)NC1c1ccc([N+](=O)[O-])cc1. The number of anilines is 1. The highest BCUT2D eigenvalue weighted by Gasteiger charge is 2.35. The third kappa shape index (κ3) is 5.55. The van der Waals surface area contributed by atoms with Crippen LogP contribution in [0.5, 0.6) is 0 Å². The number of rotatable bonds is 7. The van der Waals surface area contributed by atoms with Crippen LogP contribution in [0.25, 0.3) is 0 Å². The second-order valence-corrected chi connectivity index (χ2v) is 8.61. The van der Waals surface area contributed by atoms with Gasteiger partial charge >= 0.3 is 12.0 Å². The molecular formula is C24H26ClN5O5. The number of nitrogens with zero attached hydrogens (tertiary/aromatic N) is 3. The number of urea groups is 1. The summed E-state index contributed by atoms with van der Waals surface area (Å²) < 4.78 is 5.30. The van der Waals surface area contributed by atoms with Crippen LogP contribution < -0.4 is 15.5 Å². The fraction of sp³-hybridized carbons (Fsp3) is 0.333. The number of carbonyl (C=O) groups excluding carboxylic acids is 2. The quantitative estimate of drug-likeness (QED) is 0.341. The molecule has 0 spiro atoms. The van der Waals surface area contributed by atoms with Gasteiger partial charge in [0, 0.05) is 50.6 Å². The number of nitro groups is 1. The predicted molar refractivity (Wildman–Crippen MR) is 131 cm³/mol. The third-order valence-electron chi connectivity index (χ3n) is 6.03. The maximum Gasteiger partial charge on any atom is 0.338 e. The van der Waals surface area contributed by atoms with Crippen LogP contribution in [-0.4, -0.2) is 61.2 Å². The van der Waals surface area contributed by atoms with Crippen molar-refractivity contribution in [2.45, 2.75) is 13.0 Å². The molecule has 0 radical (unpaired) electrons. The minimum absolute atomic E-state index is 0.0766. The number of nitro benzene ring substituents is 1. The molecule has 2 aromatic carbocycles. The highest BCUT2D eigenvalue weighted by molar-refractivity contribution is 6.33. The first-order valence-electron chi connectivity index (χ1n) is 11.3. The molecule has 4 rings (SSSR count). The molecule has 2 aliphatic rings. The van der Waals surface area contributed by atoms with E-state index in [1.165, 1.54) is 24.3 Å². The van der Waals surface area contributed by atoms with E-state index < -0.39 is 23.0 Å². The van der Waals surface area contributed by atoms with E-state index in [-0.39, 0.29) is 17.9 Å². The molecule has 1 saturated heterocycles. The third-order valence-corrected chi connectivity index (χ3v) is 6.35. The van der Waals surface area contributed by atoms with Gasteiger partial charge in [0.25, 0.3) is 5.69 Å². The minimum Gasteiger partial charge on any atom is -0.463 e. The van der Waals surface area contributed by atoms with Gasteiger partial charge in [-0.1, -0.05) is 23.7 Å². The van der Waals surface area contributed by atoms with Gasteiger partial charge in [-0.2, -0.15) is 0 Å². The molecule has 2 aromatic rings. The summed E-state index contributed by atoms with van der Waals surface area (Å²) in [7, 11) is 0. The van der Waals surface area contributed by atoms with Crippen molar-refractivity contribution < 1.29 is 19.2 Å².